The molecule has 4 aromatic rings. The molecule has 0 bridgehead atoms. The van der Waals surface area contributed by atoms with Crippen LogP contribution in [0.2, 0.25) is 5.02 Å². The van der Waals surface area contributed by atoms with Crippen LogP contribution in [-0.2, 0) is 0 Å². The second-order valence-corrected chi connectivity index (χ2v) is 7.55. The van der Waals surface area contributed by atoms with Crippen molar-refractivity contribution < 1.29 is 4.79 Å². The Kier molecular flexibility index (Phi) is 4.32. The zero-order valence-corrected chi connectivity index (χ0v) is 16.7. The van der Waals surface area contributed by atoms with Crippen LogP contribution in [0.3, 0.4) is 0 Å². The standard InChI is InChI=1S/C21H19ClN6O/c1-14-23-19-17-7-2-3-8-18(17)24-21(28(19)25-14)27-11-9-26(10-12-27)20(29)15-5-4-6-16(22)13-15/h2-8,13H,9-12H2,1H3. The molecule has 1 aliphatic heterocycles. The molecule has 1 amide bonds. The molecule has 3 heterocycles. The molecule has 0 atom stereocenters. The van der Waals surface area contributed by atoms with E-state index in [0.29, 0.717) is 42.6 Å². The summed E-state index contributed by atoms with van der Waals surface area (Å²) in [5, 5.41) is 6.10. The van der Waals surface area contributed by atoms with E-state index in [1.165, 1.54) is 0 Å². The molecular formula is C21H19ClN6O. The molecule has 29 heavy (non-hydrogen) atoms. The average Bonchev–Trinajstić information content (AvgIpc) is 3.14. The summed E-state index contributed by atoms with van der Waals surface area (Å²) in [5.74, 6) is 1.47. The first-order valence-corrected chi connectivity index (χ1v) is 9.90. The third-order valence-corrected chi connectivity index (χ3v) is 5.42. The number of benzene rings is 2. The fourth-order valence-corrected chi connectivity index (χ4v) is 3.95. The zero-order valence-electron chi connectivity index (χ0n) is 15.9. The van der Waals surface area contributed by atoms with E-state index in [1.807, 2.05) is 40.6 Å². The van der Waals surface area contributed by atoms with E-state index >= 15 is 0 Å². The maximum atomic E-state index is 12.8. The molecule has 0 unspecified atom stereocenters. The fraction of sp³-hybridized carbons (Fsp3) is 0.238. The van der Waals surface area contributed by atoms with Gasteiger partial charge >= 0.3 is 0 Å². The third kappa shape index (κ3) is 3.17. The number of fused-ring (bicyclic) bond motifs is 3. The monoisotopic (exact) mass is 406 g/mol. The summed E-state index contributed by atoms with van der Waals surface area (Å²) in [4.78, 5) is 26.2. The highest BCUT2D eigenvalue weighted by atomic mass is 35.5. The zero-order chi connectivity index (χ0) is 20.0. The molecule has 0 spiro atoms. The number of carbonyl (C=O) groups is 1. The Morgan fingerprint density at radius 3 is 2.59 bits per heavy atom. The summed E-state index contributed by atoms with van der Waals surface area (Å²) < 4.78 is 1.81. The molecular weight excluding hydrogens is 388 g/mol. The first-order chi connectivity index (χ1) is 14.1. The van der Waals surface area contributed by atoms with Crippen LogP contribution in [0.1, 0.15) is 16.2 Å². The normalized spacial score (nSPS) is 14.7. The van der Waals surface area contributed by atoms with Crippen molar-refractivity contribution in [2.24, 2.45) is 0 Å². The van der Waals surface area contributed by atoms with Crippen molar-refractivity contribution in [1.29, 1.82) is 0 Å². The number of rotatable bonds is 2. The van der Waals surface area contributed by atoms with Crippen LogP contribution >= 0.6 is 11.6 Å². The van der Waals surface area contributed by atoms with Gasteiger partial charge < -0.3 is 9.80 Å². The van der Waals surface area contributed by atoms with Gasteiger partial charge in [0, 0.05) is 42.2 Å². The third-order valence-electron chi connectivity index (χ3n) is 5.19. The minimum absolute atomic E-state index is 0.000341. The Bertz CT molecular complexity index is 1230. The lowest BCUT2D eigenvalue weighted by molar-refractivity contribution is 0.0746. The predicted octanol–water partition coefficient (Wildman–Crippen LogP) is 3.20. The summed E-state index contributed by atoms with van der Waals surface area (Å²) >= 11 is 6.03. The van der Waals surface area contributed by atoms with Crippen LogP contribution < -0.4 is 4.90 Å². The number of amides is 1. The Labute approximate surface area is 172 Å². The Balaban J connectivity index is 1.43. The van der Waals surface area contributed by atoms with Gasteiger partial charge in [0.15, 0.2) is 5.65 Å². The van der Waals surface area contributed by atoms with Gasteiger partial charge in [-0.15, -0.1) is 5.10 Å². The number of aromatic nitrogens is 4. The van der Waals surface area contributed by atoms with Gasteiger partial charge in [0.1, 0.15) is 5.82 Å². The molecule has 0 aliphatic carbocycles. The molecule has 0 radical (unpaired) electrons. The van der Waals surface area contributed by atoms with Crippen molar-refractivity contribution in [3.63, 3.8) is 0 Å². The van der Waals surface area contributed by atoms with Crippen molar-refractivity contribution in [1.82, 2.24) is 24.5 Å². The van der Waals surface area contributed by atoms with Gasteiger partial charge in [0.25, 0.3) is 5.91 Å². The largest absolute Gasteiger partial charge is 0.337 e. The lowest BCUT2D eigenvalue weighted by Crippen LogP contribution is -2.49. The minimum atomic E-state index is 0.000341. The maximum Gasteiger partial charge on any atom is 0.254 e. The van der Waals surface area contributed by atoms with Gasteiger partial charge in [-0.05, 0) is 37.3 Å². The van der Waals surface area contributed by atoms with E-state index in [4.69, 9.17) is 16.6 Å². The van der Waals surface area contributed by atoms with E-state index < -0.39 is 0 Å². The van der Waals surface area contributed by atoms with E-state index in [1.54, 1.807) is 24.3 Å². The molecule has 8 heteroatoms. The average molecular weight is 407 g/mol. The van der Waals surface area contributed by atoms with Gasteiger partial charge in [-0.1, -0.05) is 29.8 Å². The molecule has 7 nitrogen and oxygen atoms in total. The Morgan fingerprint density at radius 2 is 1.79 bits per heavy atom. The predicted molar refractivity (Wildman–Crippen MR) is 113 cm³/mol. The van der Waals surface area contributed by atoms with Crippen LogP contribution in [0.4, 0.5) is 5.95 Å². The highest BCUT2D eigenvalue weighted by Crippen LogP contribution is 2.24. The number of carbonyl (C=O) groups excluding carboxylic acids is 1. The Hall–Kier alpha value is -3.19. The summed E-state index contributed by atoms with van der Waals surface area (Å²) in [5.41, 5.74) is 2.31. The molecule has 2 aromatic carbocycles. The number of piperazine rings is 1. The molecule has 1 fully saturated rings. The highest BCUT2D eigenvalue weighted by molar-refractivity contribution is 6.30. The Morgan fingerprint density at radius 1 is 1.00 bits per heavy atom. The molecule has 1 saturated heterocycles. The van der Waals surface area contributed by atoms with E-state index in [0.717, 1.165) is 22.5 Å². The topological polar surface area (TPSA) is 66.6 Å². The number of halogens is 1. The molecule has 2 aromatic heterocycles. The van der Waals surface area contributed by atoms with Gasteiger partial charge in [0.05, 0.1) is 5.52 Å². The van der Waals surface area contributed by atoms with Crippen LogP contribution in [-0.4, -0.2) is 56.6 Å². The van der Waals surface area contributed by atoms with Crippen molar-refractivity contribution in [2.45, 2.75) is 6.92 Å². The maximum absolute atomic E-state index is 12.8. The SMILES string of the molecule is Cc1nc2c3ccccc3nc(N3CCN(C(=O)c4cccc(Cl)c4)CC3)n2n1. The molecule has 146 valence electrons. The van der Waals surface area contributed by atoms with Crippen molar-refractivity contribution in [3.8, 4) is 0 Å². The second-order valence-electron chi connectivity index (χ2n) is 7.11. The number of anilines is 1. The summed E-state index contributed by atoms with van der Waals surface area (Å²) in [6, 6.07) is 15.0. The van der Waals surface area contributed by atoms with E-state index in [-0.39, 0.29) is 5.91 Å². The van der Waals surface area contributed by atoms with Gasteiger partial charge in [-0.25, -0.2) is 9.97 Å². The summed E-state index contributed by atoms with van der Waals surface area (Å²) in [6.07, 6.45) is 0. The van der Waals surface area contributed by atoms with Crippen LogP contribution in [0.15, 0.2) is 48.5 Å². The van der Waals surface area contributed by atoms with Gasteiger partial charge in [0.2, 0.25) is 5.95 Å². The smallest absolute Gasteiger partial charge is 0.254 e. The van der Waals surface area contributed by atoms with Crippen molar-refractivity contribution in [2.75, 3.05) is 31.1 Å². The minimum Gasteiger partial charge on any atom is -0.337 e. The van der Waals surface area contributed by atoms with Gasteiger partial charge in [-0.3, -0.25) is 4.79 Å². The molecule has 1 aliphatic rings. The van der Waals surface area contributed by atoms with Crippen LogP contribution in [0.25, 0.3) is 16.6 Å². The van der Waals surface area contributed by atoms with E-state index in [9.17, 15) is 4.79 Å². The number of hydrogen-bond donors (Lipinski definition) is 0. The number of nitrogens with zero attached hydrogens (tertiary/aromatic N) is 6. The van der Waals surface area contributed by atoms with Crippen molar-refractivity contribution in [3.05, 3.63) is 64.9 Å². The molecule has 0 N–H and O–H groups in total. The lowest BCUT2D eigenvalue weighted by Gasteiger charge is -2.35. The van der Waals surface area contributed by atoms with Crippen molar-refractivity contribution >= 4 is 40.0 Å². The summed E-state index contributed by atoms with van der Waals surface area (Å²) in [6.45, 7) is 4.44. The number of para-hydroxylation sites is 1. The number of aryl methyl sites for hydroxylation is 1. The first-order valence-electron chi connectivity index (χ1n) is 9.52. The quantitative estimate of drug-likeness (QED) is 0.511. The molecule has 0 saturated carbocycles. The highest BCUT2D eigenvalue weighted by Gasteiger charge is 2.25. The lowest BCUT2D eigenvalue weighted by atomic mass is 10.2. The summed E-state index contributed by atoms with van der Waals surface area (Å²) in [7, 11) is 0. The first kappa shape index (κ1) is 17.9. The van der Waals surface area contributed by atoms with Crippen LogP contribution in [0.5, 0.6) is 0 Å². The number of hydrogen-bond acceptors (Lipinski definition) is 5. The van der Waals surface area contributed by atoms with Crippen LogP contribution in [0, 0.1) is 6.92 Å². The fourth-order valence-electron chi connectivity index (χ4n) is 3.76. The van der Waals surface area contributed by atoms with Gasteiger partial charge in [-0.2, -0.15) is 4.52 Å². The second kappa shape index (κ2) is 7.00. The molecule has 5 rings (SSSR count). The van der Waals surface area contributed by atoms with E-state index in [2.05, 4.69) is 15.0 Å².